The van der Waals surface area contributed by atoms with Gasteiger partial charge in [-0.15, -0.1) is 0 Å². The SMILES string of the molecule is COc1ccc(F)c(C(C(=O)O)N2CCCN(Cc3ccncc3)CC2)c1. The summed E-state index contributed by atoms with van der Waals surface area (Å²) in [7, 11) is 1.48. The summed E-state index contributed by atoms with van der Waals surface area (Å²) < 4.78 is 19.5. The lowest BCUT2D eigenvalue weighted by molar-refractivity contribution is -0.143. The predicted octanol–water partition coefficient (Wildman–Crippen LogP) is 2.56. The van der Waals surface area contributed by atoms with Crippen molar-refractivity contribution in [3.8, 4) is 5.75 Å². The number of aliphatic carboxylic acids is 1. The Bertz CT molecular complexity index is 772. The van der Waals surface area contributed by atoms with Crippen LogP contribution in [0.3, 0.4) is 0 Å². The van der Waals surface area contributed by atoms with E-state index < -0.39 is 17.8 Å². The lowest BCUT2D eigenvalue weighted by Gasteiger charge is -2.28. The summed E-state index contributed by atoms with van der Waals surface area (Å²) in [5.41, 5.74) is 1.32. The molecular weight excluding hydrogens is 349 g/mol. The molecule has 1 aromatic heterocycles. The Labute approximate surface area is 158 Å². The molecule has 1 fully saturated rings. The van der Waals surface area contributed by atoms with Crippen LogP contribution in [0.4, 0.5) is 4.39 Å². The predicted molar refractivity (Wildman–Crippen MR) is 99.0 cm³/mol. The average Bonchev–Trinajstić information content (AvgIpc) is 2.90. The van der Waals surface area contributed by atoms with Gasteiger partial charge in [0.2, 0.25) is 0 Å². The van der Waals surface area contributed by atoms with Crippen LogP contribution >= 0.6 is 0 Å². The molecule has 0 aliphatic carbocycles. The molecule has 0 spiro atoms. The van der Waals surface area contributed by atoms with E-state index in [2.05, 4.69) is 9.88 Å². The highest BCUT2D eigenvalue weighted by Gasteiger charge is 2.31. The van der Waals surface area contributed by atoms with Gasteiger partial charge in [0.15, 0.2) is 0 Å². The number of carboxylic acids is 1. The minimum Gasteiger partial charge on any atom is -0.497 e. The van der Waals surface area contributed by atoms with Crippen LogP contribution in [0.1, 0.15) is 23.6 Å². The number of ether oxygens (including phenoxy) is 1. The zero-order valence-corrected chi connectivity index (χ0v) is 15.3. The zero-order valence-electron chi connectivity index (χ0n) is 15.3. The minimum atomic E-state index is -1.05. The zero-order chi connectivity index (χ0) is 19.2. The van der Waals surface area contributed by atoms with Crippen LogP contribution in [0.25, 0.3) is 0 Å². The smallest absolute Gasteiger partial charge is 0.325 e. The molecule has 1 atom stereocenters. The molecule has 2 heterocycles. The Morgan fingerprint density at radius 1 is 1.22 bits per heavy atom. The first-order chi connectivity index (χ1) is 13.1. The van der Waals surface area contributed by atoms with Gasteiger partial charge in [0.25, 0.3) is 0 Å². The third kappa shape index (κ3) is 4.81. The van der Waals surface area contributed by atoms with Crippen molar-refractivity contribution in [1.82, 2.24) is 14.8 Å². The van der Waals surface area contributed by atoms with Crippen molar-refractivity contribution in [2.75, 3.05) is 33.3 Å². The van der Waals surface area contributed by atoms with Crippen LogP contribution in [0.5, 0.6) is 5.75 Å². The second kappa shape index (κ2) is 8.92. The molecule has 1 aromatic carbocycles. The van der Waals surface area contributed by atoms with E-state index in [1.54, 1.807) is 12.4 Å². The van der Waals surface area contributed by atoms with Crippen molar-refractivity contribution >= 4 is 5.97 Å². The molecular formula is C20H24FN3O3. The van der Waals surface area contributed by atoms with Gasteiger partial charge in [0.1, 0.15) is 17.6 Å². The summed E-state index contributed by atoms with van der Waals surface area (Å²) in [6, 6.07) is 7.17. The van der Waals surface area contributed by atoms with Crippen molar-refractivity contribution in [3.05, 3.63) is 59.7 Å². The van der Waals surface area contributed by atoms with Crippen molar-refractivity contribution in [1.29, 1.82) is 0 Å². The molecule has 0 saturated carbocycles. The van der Waals surface area contributed by atoms with Crippen molar-refractivity contribution in [2.24, 2.45) is 0 Å². The fourth-order valence-electron chi connectivity index (χ4n) is 3.50. The van der Waals surface area contributed by atoms with Gasteiger partial charge in [-0.05, 0) is 48.9 Å². The first-order valence-corrected chi connectivity index (χ1v) is 9.00. The summed E-state index contributed by atoms with van der Waals surface area (Å²) in [6.07, 6.45) is 4.36. The van der Waals surface area contributed by atoms with Crippen molar-refractivity contribution in [3.63, 3.8) is 0 Å². The van der Waals surface area contributed by atoms with Crippen LogP contribution in [-0.4, -0.2) is 59.1 Å². The van der Waals surface area contributed by atoms with Crippen molar-refractivity contribution in [2.45, 2.75) is 19.0 Å². The number of halogens is 1. The minimum absolute atomic E-state index is 0.143. The first kappa shape index (κ1) is 19.3. The van der Waals surface area contributed by atoms with Crippen LogP contribution in [0.2, 0.25) is 0 Å². The Kier molecular flexibility index (Phi) is 6.36. The maximum absolute atomic E-state index is 14.4. The summed E-state index contributed by atoms with van der Waals surface area (Å²) in [5, 5.41) is 9.79. The molecule has 7 heteroatoms. The maximum Gasteiger partial charge on any atom is 0.325 e. The highest BCUT2D eigenvalue weighted by atomic mass is 19.1. The Morgan fingerprint density at radius 2 is 2.00 bits per heavy atom. The van der Waals surface area contributed by atoms with Crippen LogP contribution in [0.15, 0.2) is 42.7 Å². The number of methoxy groups -OCH3 is 1. The quantitative estimate of drug-likeness (QED) is 0.840. The molecule has 1 unspecified atom stereocenters. The molecule has 1 aliphatic heterocycles. The largest absolute Gasteiger partial charge is 0.497 e. The van der Waals surface area contributed by atoms with E-state index in [1.807, 2.05) is 17.0 Å². The Balaban J connectivity index is 1.74. The topological polar surface area (TPSA) is 65.9 Å². The molecule has 0 bridgehead atoms. The van der Waals surface area contributed by atoms with E-state index in [1.165, 1.54) is 30.9 Å². The summed E-state index contributed by atoms with van der Waals surface area (Å²) >= 11 is 0. The van der Waals surface area contributed by atoms with Crippen molar-refractivity contribution < 1.29 is 19.0 Å². The average molecular weight is 373 g/mol. The van der Waals surface area contributed by atoms with E-state index >= 15 is 0 Å². The lowest BCUT2D eigenvalue weighted by atomic mass is 10.0. The molecule has 27 heavy (non-hydrogen) atoms. The monoisotopic (exact) mass is 373 g/mol. The number of benzene rings is 1. The molecule has 1 N–H and O–H groups in total. The molecule has 2 aromatic rings. The fraction of sp³-hybridized carbons (Fsp3) is 0.400. The number of hydrogen-bond acceptors (Lipinski definition) is 5. The lowest BCUT2D eigenvalue weighted by Crippen LogP contribution is -2.37. The molecule has 1 aliphatic rings. The highest BCUT2D eigenvalue weighted by Crippen LogP contribution is 2.28. The third-order valence-electron chi connectivity index (χ3n) is 4.88. The number of pyridine rings is 1. The van der Waals surface area contributed by atoms with E-state index in [0.717, 1.165) is 26.1 Å². The summed E-state index contributed by atoms with van der Waals surface area (Å²) in [5.74, 6) is -1.13. The molecule has 1 saturated heterocycles. The molecule has 0 radical (unpaired) electrons. The van der Waals surface area contributed by atoms with Crippen LogP contribution < -0.4 is 4.74 Å². The third-order valence-corrected chi connectivity index (χ3v) is 4.88. The number of nitrogens with zero attached hydrogens (tertiary/aromatic N) is 3. The van der Waals surface area contributed by atoms with Gasteiger partial charge in [-0.3, -0.25) is 19.6 Å². The number of rotatable bonds is 6. The van der Waals surface area contributed by atoms with Gasteiger partial charge < -0.3 is 9.84 Å². The normalized spacial score (nSPS) is 17.3. The first-order valence-electron chi connectivity index (χ1n) is 9.00. The standard InChI is InChI=1S/C20H24FN3O3/c1-27-16-3-4-18(21)17(13-16)19(20(25)26)24-10-2-9-23(11-12-24)14-15-5-7-22-8-6-15/h3-8,13,19H,2,9-12,14H2,1H3,(H,25,26). The van der Waals surface area contributed by atoms with Gasteiger partial charge in [0, 0.05) is 44.1 Å². The molecule has 6 nitrogen and oxygen atoms in total. The number of carboxylic acid groups (broad SMARTS) is 1. The second-order valence-electron chi connectivity index (χ2n) is 6.65. The summed E-state index contributed by atoms with van der Waals surface area (Å²) in [4.78, 5) is 20.1. The van der Waals surface area contributed by atoms with E-state index in [-0.39, 0.29) is 5.56 Å². The van der Waals surface area contributed by atoms with E-state index in [0.29, 0.717) is 18.8 Å². The maximum atomic E-state index is 14.4. The second-order valence-corrected chi connectivity index (χ2v) is 6.65. The fourth-order valence-corrected chi connectivity index (χ4v) is 3.50. The van der Waals surface area contributed by atoms with Gasteiger partial charge in [0.05, 0.1) is 7.11 Å². The van der Waals surface area contributed by atoms with E-state index in [4.69, 9.17) is 4.74 Å². The van der Waals surface area contributed by atoms with E-state index in [9.17, 15) is 14.3 Å². The summed E-state index contributed by atoms with van der Waals surface area (Å²) in [6.45, 7) is 3.53. The molecule has 3 rings (SSSR count). The number of carbonyl (C=O) groups is 1. The van der Waals surface area contributed by atoms with Gasteiger partial charge in [-0.2, -0.15) is 0 Å². The van der Waals surface area contributed by atoms with Crippen LogP contribution in [-0.2, 0) is 11.3 Å². The molecule has 0 amide bonds. The Morgan fingerprint density at radius 3 is 2.70 bits per heavy atom. The van der Waals surface area contributed by atoms with Crippen LogP contribution in [0, 0.1) is 5.82 Å². The Hall–Kier alpha value is -2.51. The number of aromatic nitrogens is 1. The highest BCUT2D eigenvalue weighted by molar-refractivity contribution is 5.76. The number of hydrogen-bond donors (Lipinski definition) is 1. The van der Waals surface area contributed by atoms with Gasteiger partial charge in [-0.25, -0.2) is 4.39 Å². The molecule has 144 valence electrons. The van der Waals surface area contributed by atoms with Gasteiger partial charge >= 0.3 is 5.97 Å². The van der Waals surface area contributed by atoms with Gasteiger partial charge in [-0.1, -0.05) is 0 Å².